The van der Waals surface area contributed by atoms with Crippen LogP contribution in [0.25, 0.3) is 0 Å². The first kappa shape index (κ1) is 9.67. The van der Waals surface area contributed by atoms with Crippen molar-refractivity contribution in [2.75, 3.05) is 0 Å². The van der Waals surface area contributed by atoms with Crippen molar-refractivity contribution < 1.29 is 19.4 Å². The smallest absolute Gasteiger partial charge is 0.332 e. The summed E-state index contributed by atoms with van der Waals surface area (Å²) in [5.74, 6) is -1.84. The van der Waals surface area contributed by atoms with Crippen LogP contribution in [0, 0.1) is 5.82 Å². The predicted octanol–water partition coefficient (Wildman–Crippen LogP) is 0.814. The molecule has 0 aliphatic rings. The van der Waals surface area contributed by atoms with Gasteiger partial charge in [0, 0.05) is 6.42 Å². The molecule has 0 amide bonds. The highest BCUT2D eigenvalue weighted by Gasteiger charge is 2.15. The Balaban J connectivity index is 2.74. The van der Waals surface area contributed by atoms with Gasteiger partial charge in [0.25, 0.3) is 0 Å². The zero-order valence-electron chi connectivity index (χ0n) is 6.77. The van der Waals surface area contributed by atoms with Crippen molar-refractivity contribution >= 4 is 5.97 Å². The average Bonchev–Trinajstić information content (AvgIpc) is 2.08. The van der Waals surface area contributed by atoms with Gasteiger partial charge in [-0.3, -0.25) is 0 Å². The van der Waals surface area contributed by atoms with Crippen LogP contribution in [0.1, 0.15) is 5.56 Å². The second-order valence-electron chi connectivity index (χ2n) is 2.65. The van der Waals surface area contributed by atoms with Gasteiger partial charge >= 0.3 is 5.97 Å². The minimum atomic E-state index is -1.54. The SMILES string of the molecule is O=C(O)C(O)Cc1ccccc1F. The summed E-state index contributed by atoms with van der Waals surface area (Å²) in [5, 5.41) is 17.3. The van der Waals surface area contributed by atoms with Crippen LogP contribution < -0.4 is 0 Å². The molecule has 13 heavy (non-hydrogen) atoms. The molecule has 0 radical (unpaired) electrons. The molecule has 0 aromatic heterocycles. The first-order valence-corrected chi connectivity index (χ1v) is 3.75. The molecule has 70 valence electrons. The van der Waals surface area contributed by atoms with E-state index in [9.17, 15) is 9.18 Å². The molecule has 1 aromatic rings. The summed E-state index contributed by atoms with van der Waals surface area (Å²) < 4.78 is 12.9. The number of benzene rings is 1. The molecule has 1 atom stereocenters. The molecule has 4 heteroatoms. The Hall–Kier alpha value is -1.42. The molecule has 1 rings (SSSR count). The zero-order valence-corrected chi connectivity index (χ0v) is 6.77. The molecule has 1 unspecified atom stereocenters. The van der Waals surface area contributed by atoms with E-state index in [1.165, 1.54) is 18.2 Å². The summed E-state index contributed by atoms with van der Waals surface area (Å²) in [6.07, 6.45) is -1.75. The second-order valence-corrected chi connectivity index (χ2v) is 2.65. The van der Waals surface area contributed by atoms with Gasteiger partial charge in [-0.15, -0.1) is 0 Å². The van der Waals surface area contributed by atoms with Crippen molar-refractivity contribution in [3.8, 4) is 0 Å². The van der Waals surface area contributed by atoms with Crippen LogP contribution in [0.2, 0.25) is 0 Å². The molecule has 0 saturated heterocycles. The van der Waals surface area contributed by atoms with Crippen molar-refractivity contribution in [3.63, 3.8) is 0 Å². The van der Waals surface area contributed by atoms with Crippen molar-refractivity contribution in [2.45, 2.75) is 12.5 Å². The van der Waals surface area contributed by atoms with E-state index < -0.39 is 17.9 Å². The first-order valence-electron chi connectivity index (χ1n) is 3.75. The number of halogens is 1. The van der Waals surface area contributed by atoms with Crippen molar-refractivity contribution in [1.82, 2.24) is 0 Å². The van der Waals surface area contributed by atoms with E-state index in [2.05, 4.69) is 0 Å². The highest BCUT2D eigenvalue weighted by atomic mass is 19.1. The highest BCUT2D eigenvalue weighted by Crippen LogP contribution is 2.08. The lowest BCUT2D eigenvalue weighted by atomic mass is 10.1. The number of carboxylic acid groups (broad SMARTS) is 1. The van der Waals surface area contributed by atoms with Crippen LogP contribution in [-0.4, -0.2) is 22.3 Å². The fraction of sp³-hybridized carbons (Fsp3) is 0.222. The van der Waals surface area contributed by atoms with Gasteiger partial charge in [0.2, 0.25) is 0 Å². The number of hydrogen-bond donors (Lipinski definition) is 2. The molecule has 0 spiro atoms. The molecule has 1 aromatic carbocycles. The Bertz CT molecular complexity index is 311. The lowest BCUT2D eigenvalue weighted by Gasteiger charge is -2.05. The summed E-state index contributed by atoms with van der Waals surface area (Å²) >= 11 is 0. The van der Waals surface area contributed by atoms with Crippen molar-refractivity contribution in [3.05, 3.63) is 35.6 Å². The Kier molecular flexibility index (Phi) is 2.97. The van der Waals surface area contributed by atoms with E-state index in [1.807, 2.05) is 0 Å². The number of aliphatic hydroxyl groups is 1. The number of aliphatic carboxylic acids is 1. The molecule has 0 aliphatic carbocycles. The molecule has 3 nitrogen and oxygen atoms in total. The minimum Gasteiger partial charge on any atom is -0.479 e. The molecule has 0 bridgehead atoms. The van der Waals surface area contributed by atoms with E-state index in [1.54, 1.807) is 6.07 Å². The van der Waals surface area contributed by atoms with Crippen LogP contribution in [0.15, 0.2) is 24.3 Å². The Labute approximate surface area is 74.4 Å². The minimum absolute atomic E-state index is 0.206. The normalized spacial score (nSPS) is 12.5. The molecule has 0 fully saturated rings. The third kappa shape index (κ3) is 2.52. The number of carboxylic acids is 1. The summed E-state index contributed by atoms with van der Waals surface area (Å²) in [6.45, 7) is 0. The maximum Gasteiger partial charge on any atom is 0.332 e. The van der Waals surface area contributed by atoms with Crippen LogP contribution in [-0.2, 0) is 11.2 Å². The van der Waals surface area contributed by atoms with Gasteiger partial charge in [-0.05, 0) is 11.6 Å². The quantitative estimate of drug-likeness (QED) is 0.730. The largest absolute Gasteiger partial charge is 0.479 e. The topological polar surface area (TPSA) is 57.5 Å². The van der Waals surface area contributed by atoms with Gasteiger partial charge in [0.1, 0.15) is 5.82 Å². The zero-order chi connectivity index (χ0) is 9.84. The van der Waals surface area contributed by atoms with Crippen molar-refractivity contribution in [2.24, 2.45) is 0 Å². The standard InChI is InChI=1S/C9H9FO3/c10-7-4-2-1-3-6(7)5-8(11)9(12)13/h1-4,8,11H,5H2,(H,12,13). The Morgan fingerprint density at radius 3 is 2.62 bits per heavy atom. The van der Waals surface area contributed by atoms with Gasteiger partial charge in [0.05, 0.1) is 0 Å². The van der Waals surface area contributed by atoms with E-state index in [0.29, 0.717) is 0 Å². The molecular weight excluding hydrogens is 175 g/mol. The Morgan fingerprint density at radius 2 is 2.08 bits per heavy atom. The lowest BCUT2D eigenvalue weighted by molar-refractivity contribution is -0.146. The number of carbonyl (C=O) groups is 1. The highest BCUT2D eigenvalue weighted by molar-refractivity contribution is 5.72. The third-order valence-corrected chi connectivity index (χ3v) is 1.66. The fourth-order valence-corrected chi connectivity index (χ4v) is 0.960. The molecule has 0 aliphatic heterocycles. The summed E-state index contributed by atoms with van der Waals surface area (Å²) in [7, 11) is 0. The van der Waals surface area contributed by atoms with Gasteiger partial charge in [-0.25, -0.2) is 9.18 Å². The first-order chi connectivity index (χ1) is 6.11. The van der Waals surface area contributed by atoms with E-state index in [0.717, 1.165) is 0 Å². The molecule has 0 saturated carbocycles. The third-order valence-electron chi connectivity index (χ3n) is 1.66. The fourth-order valence-electron chi connectivity index (χ4n) is 0.960. The van der Waals surface area contributed by atoms with Crippen LogP contribution in [0.4, 0.5) is 4.39 Å². The average molecular weight is 184 g/mol. The maximum absolute atomic E-state index is 12.9. The van der Waals surface area contributed by atoms with Crippen LogP contribution >= 0.6 is 0 Å². The summed E-state index contributed by atoms with van der Waals surface area (Å²) in [6, 6.07) is 5.77. The predicted molar refractivity (Wildman–Crippen MR) is 43.7 cm³/mol. The van der Waals surface area contributed by atoms with Gasteiger partial charge in [-0.1, -0.05) is 18.2 Å². The van der Waals surface area contributed by atoms with Crippen LogP contribution in [0.3, 0.4) is 0 Å². The van der Waals surface area contributed by atoms with Crippen LogP contribution in [0.5, 0.6) is 0 Å². The lowest BCUT2D eigenvalue weighted by Crippen LogP contribution is -2.22. The number of hydrogen-bond acceptors (Lipinski definition) is 2. The number of rotatable bonds is 3. The van der Waals surface area contributed by atoms with E-state index in [-0.39, 0.29) is 12.0 Å². The molecular formula is C9H9FO3. The van der Waals surface area contributed by atoms with Gasteiger partial charge < -0.3 is 10.2 Å². The van der Waals surface area contributed by atoms with Gasteiger partial charge in [0.15, 0.2) is 6.10 Å². The van der Waals surface area contributed by atoms with Crippen molar-refractivity contribution in [1.29, 1.82) is 0 Å². The monoisotopic (exact) mass is 184 g/mol. The van der Waals surface area contributed by atoms with E-state index >= 15 is 0 Å². The summed E-state index contributed by atoms with van der Waals surface area (Å²) in [4.78, 5) is 10.2. The number of aliphatic hydroxyl groups excluding tert-OH is 1. The Morgan fingerprint density at radius 1 is 1.46 bits per heavy atom. The van der Waals surface area contributed by atoms with Gasteiger partial charge in [-0.2, -0.15) is 0 Å². The molecule has 2 N–H and O–H groups in total. The maximum atomic E-state index is 12.9. The summed E-state index contributed by atoms with van der Waals surface area (Å²) in [5.41, 5.74) is 0.206. The molecule has 0 heterocycles. The van der Waals surface area contributed by atoms with E-state index in [4.69, 9.17) is 10.2 Å². The second kappa shape index (κ2) is 4.00.